The van der Waals surface area contributed by atoms with E-state index in [1.807, 2.05) is 0 Å². The third kappa shape index (κ3) is 10.2. The van der Waals surface area contributed by atoms with Gasteiger partial charge >= 0.3 is 0 Å². The van der Waals surface area contributed by atoms with Crippen molar-refractivity contribution in [2.24, 2.45) is 9.98 Å². The highest BCUT2D eigenvalue weighted by atomic mass is 28.4. The van der Waals surface area contributed by atoms with Gasteiger partial charge < -0.3 is 14.3 Å². The number of hydrogen-bond acceptors (Lipinski definition) is 9. The summed E-state index contributed by atoms with van der Waals surface area (Å²) < 4.78 is 6.62. The zero-order chi connectivity index (χ0) is 27.6. The number of nitro groups is 2. The van der Waals surface area contributed by atoms with Crippen molar-refractivity contribution >= 4 is 40.4 Å². The minimum absolute atomic E-state index is 0.0497. The molecule has 0 atom stereocenters. The second-order valence-electron chi connectivity index (χ2n) is 9.90. The van der Waals surface area contributed by atoms with Crippen molar-refractivity contribution < 1.29 is 24.2 Å². The van der Waals surface area contributed by atoms with E-state index in [1.165, 1.54) is 48.8 Å². The molecule has 0 unspecified atom stereocenters. The fraction of sp³-hybridized carbons (Fsp3) is 0.417. The Hall–Kier alpha value is -3.43. The molecule has 2 aromatic carbocycles. The molecule has 0 aliphatic heterocycles. The lowest BCUT2D eigenvalue weighted by Crippen LogP contribution is -2.44. The van der Waals surface area contributed by atoms with Gasteiger partial charge in [-0.2, -0.15) is 0 Å². The van der Waals surface area contributed by atoms with Crippen LogP contribution in [0.3, 0.4) is 0 Å². The standard InChI is InChI=1S/C24H34N4O7Si2/c1-36(2,13-5-11-25-17-19-15-21(27(31)32)7-9-23(19)29)35-37(3,4)14-6-12-26-18-20-16-22(28(33)34)8-10-24(20)30/h7-10,15-18,29-30H,5-6,11-14H2,1-4H3. The van der Waals surface area contributed by atoms with Crippen LogP contribution in [0, 0.1) is 20.2 Å². The number of aromatic hydroxyl groups is 2. The van der Waals surface area contributed by atoms with E-state index < -0.39 is 26.5 Å². The number of rotatable bonds is 14. The van der Waals surface area contributed by atoms with Crippen LogP contribution in [0.25, 0.3) is 0 Å². The second-order valence-corrected chi connectivity index (χ2v) is 18.8. The van der Waals surface area contributed by atoms with Gasteiger partial charge in [0.2, 0.25) is 0 Å². The van der Waals surface area contributed by atoms with Crippen LogP contribution in [0.2, 0.25) is 38.3 Å². The third-order valence-electron chi connectivity index (χ3n) is 5.59. The Bertz CT molecular complexity index is 1080. The highest BCUT2D eigenvalue weighted by molar-refractivity contribution is 6.84. The zero-order valence-corrected chi connectivity index (χ0v) is 23.6. The van der Waals surface area contributed by atoms with E-state index in [9.17, 15) is 30.4 Å². The monoisotopic (exact) mass is 546 g/mol. The predicted molar refractivity (Wildman–Crippen MR) is 149 cm³/mol. The summed E-state index contributed by atoms with van der Waals surface area (Å²) in [5.41, 5.74) is 0.445. The highest BCUT2D eigenvalue weighted by Gasteiger charge is 2.32. The highest BCUT2D eigenvalue weighted by Crippen LogP contribution is 2.25. The van der Waals surface area contributed by atoms with Crippen molar-refractivity contribution in [2.45, 2.75) is 51.1 Å². The van der Waals surface area contributed by atoms with Crippen LogP contribution in [0.5, 0.6) is 11.5 Å². The number of aliphatic imine (C=N–C) groups is 2. The fourth-order valence-electron chi connectivity index (χ4n) is 3.89. The second kappa shape index (κ2) is 13.2. The largest absolute Gasteiger partial charge is 0.507 e. The fourth-order valence-corrected chi connectivity index (χ4v) is 12.7. The lowest BCUT2D eigenvalue weighted by molar-refractivity contribution is -0.385. The summed E-state index contributed by atoms with van der Waals surface area (Å²) in [7, 11) is -3.87. The van der Waals surface area contributed by atoms with Gasteiger partial charge in [-0.25, -0.2) is 0 Å². The molecule has 2 rings (SSSR count). The molecule has 0 spiro atoms. The number of hydrogen-bond donors (Lipinski definition) is 2. The number of nitrogens with zero attached hydrogens (tertiary/aromatic N) is 4. The van der Waals surface area contributed by atoms with Gasteiger partial charge in [-0.15, -0.1) is 0 Å². The topological polar surface area (TPSA) is 161 Å². The van der Waals surface area contributed by atoms with Gasteiger partial charge in [0, 0.05) is 60.9 Å². The number of nitro benzene ring substituents is 2. The first-order chi connectivity index (χ1) is 17.3. The van der Waals surface area contributed by atoms with E-state index in [1.54, 1.807) is 0 Å². The van der Waals surface area contributed by atoms with Crippen LogP contribution in [0.15, 0.2) is 46.4 Å². The van der Waals surface area contributed by atoms with Crippen molar-refractivity contribution in [2.75, 3.05) is 13.1 Å². The van der Waals surface area contributed by atoms with E-state index in [0.717, 1.165) is 24.9 Å². The Morgan fingerprint density at radius 1 is 0.784 bits per heavy atom. The Labute approximate surface area is 218 Å². The molecule has 0 fully saturated rings. The van der Waals surface area contributed by atoms with Crippen LogP contribution < -0.4 is 0 Å². The lowest BCUT2D eigenvalue weighted by Gasteiger charge is -2.34. The molecule has 2 aromatic rings. The number of benzene rings is 2. The molecule has 0 aliphatic carbocycles. The van der Waals surface area contributed by atoms with E-state index in [2.05, 4.69) is 36.2 Å². The molecule has 0 amide bonds. The van der Waals surface area contributed by atoms with Gasteiger partial charge in [0.15, 0.2) is 16.6 Å². The first kappa shape index (κ1) is 29.8. The summed E-state index contributed by atoms with van der Waals surface area (Å²) in [5.74, 6) is -0.0993. The number of phenols is 2. The van der Waals surface area contributed by atoms with Crippen molar-refractivity contribution in [1.29, 1.82) is 0 Å². The van der Waals surface area contributed by atoms with Crippen molar-refractivity contribution in [3.63, 3.8) is 0 Å². The third-order valence-corrected chi connectivity index (χ3v) is 13.1. The molecule has 200 valence electrons. The normalized spacial score (nSPS) is 12.4. The van der Waals surface area contributed by atoms with Gasteiger partial charge in [0.25, 0.3) is 11.4 Å². The minimum atomic E-state index is -1.93. The molecule has 0 aliphatic rings. The van der Waals surface area contributed by atoms with Gasteiger partial charge in [-0.3, -0.25) is 30.2 Å². The molecule has 0 radical (unpaired) electrons. The Morgan fingerprint density at radius 3 is 1.51 bits per heavy atom. The summed E-state index contributed by atoms with van der Waals surface area (Å²) in [4.78, 5) is 29.4. The van der Waals surface area contributed by atoms with Gasteiger partial charge in [0.1, 0.15) is 11.5 Å². The van der Waals surface area contributed by atoms with Crippen LogP contribution in [0.4, 0.5) is 11.4 Å². The summed E-state index contributed by atoms with van der Waals surface area (Å²) in [6.45, 7) is 9.79. The molecule has 0 saturated heterocycles. The summed E-state index contributed by atoms with van der Waals surface area (Å²) in [6, 6.07) is 9.49. The van der Waals surface area contributed by atoms with Gasteiger partial charge in [-0.05, 0) is 63.3 Å². The molecule has 11 nitrogen and oxygen atoms in total. The maximum Gasteiger partial charge on any atom is 0.270 e. The van der Waals surface area contributed by atoms with Gasteiger partial charge in [-0.1, -0.05) is 0 Å². The molecular weight excluding hydrogens is 512 g/mol. The lowest BCUT2D eigenvalue weighted by atomic mass is 10.2. The molecule has 0 aromatic heterocycles. The Balaban J connectivity index is 1.78. The van der Waals surface area contributed by atoms with E-state index in [0.29, 0.717) is 24.2 Å². The van der Waals surface area contributed by atoms with Crippen molar-refractivity contribution in [1.82, 2.24) is 0 Å². The Kier molecular flexibility index (Phi) is 10.6. The quantitative estimate of drug-likeness (QED) is 0.102. The van der Waals surface area contributed by atoms with E-state index in [-0.39, 0.29) is 22.9 Å². The first-order valence-corrected chi connectivity index (χ1v) is 18.2. The number of non-ortho nitro benzene ring substituents is 2. The van der Waals surface area contributed by atoms with Crippen molar-refractivity contribution in [3.05, 3.63) is 67.8 Å². The predicted octanol–water partition coefficient (Wildman–Crippen LogP) is 5.66. The SMILES string of the molecule is C[Si](C)(CCCN=Cc1cc([N+](=O)[O-])ccc1O)O[Si](C)(C)CCCN=Cc1cc([N+](=O)[O-])ccc1O. The molecule has 2 N–H and O–H groups in total. The van der Waals surface area contributed by atoms with E-state index >= 15 is 0 Å². The van der Waals surface area contributed by atoms with Gasteiger partial charge in [0.05, 0.1) is 9.85 Å². The maximum absolute atomic E-state index is 10.9. The molecule has 0 heterocycles. The average Bonchev–Trinajstić information content (AvgIpc) is 2.79. The molecule has 37 heavy (non-hydrogen) atoms. The zero-order valence-electron chi connectivity index (χ0n) is 21.6. The maximum atomic E-state index is 10.9. The summed E-state index contributed by atoms with van der Waals surface area (Å²) in [5, 5.41) is 41.5. The first-order valence-electron chi connectivity index (χ1n) is 11.9. The molecule has 13 heteroatoms. The average molecular weight is 547 g/mol. The molecule has 0 bridgehead atoms. The number of phenolic OH excluding ortho intramolecular Hbond substituents is 2. The summed E-state index contributed by atoms with van der Waals surface area (Å²) in [6.07, 6.45) is 4.55. The van der Waals surface area contributed by atoms with Crippen LogP contribution in [-0.2, 0) is 4.12 Å². The Morgan fingerprint density at radius 2 is 1.16 bits per heavy atom. The van der Waals surface area contributed by atoms with Crippen LogP contribution in [-0.4, -0.2) is 62.2 Å². The van der Waals surface area contributed by atoms with E-state index in [4.69, 9.17) is 4.12 Å². The van der Waals surface area contributed by atoms with Crippen LogP contribution >= 0.6 is 0 Å². The summed E-state index contributed by atoms with van der Waals surface area (Å²) >= 11 is 0. The molecular formula is C24H34N4O7Si2. The minimum Gasteiger partial charge on any atom is -0.507 e. The molecule has 0 saturated carbocycles. The van der Waals surface area contributed by atoms with Crippen molar-refractivity contribution in [3.8, 4) is 11.5 Å². The van der Waals surface area contributed by atoms with Crippen LogP contribution in [0.1, 0.15) is 24.0 Å². The smallest absolute Gasteiger partial charge is 0.270 e.